The Morgan fingerprint density at radius 3 is 2.31 bits per heavy atom. The summed E-state index contributed by atoms with van der Waals surface area (Å²) in [4.78, 5) is 26.8. The molecule has 1 heterocycles. The zero-order valence-electron chi connectivity index (χ0n) is 15.2. The van der Waals surface area contributed by atoms with Crippen molar-refractivity contribution in [2.24, 2.45) is 23.7 Å². The molecular formula is C21H28N2O3. The van der Waals surface area contributed by atoms with Gasteiger partial charge in [-0.05, 0) is 74.7 Å². The topological polar surface area (TPSA) is 69.6 Å². The van der Waals surface area contributed by atoms with E-state index in [-0.39, 0.29) is 23.7 Å². The second-order valence-corrected chi connectivity index (χ2v) is 8.25. The summed E-state index contributed by atoms with van der Waals surface area (Å²) in [5.74, 6) is -1.39. The van der Waals surface area contributed by atoms with E-state index in [1.165, 1.54) is 37.9 Å². The van der Waals surface area contributed by atoms with E-state index in [1.54, 1.807) is 0 Å². The minimum Gasteiger partial charge on any atom is -0.481 e. The van der Waals surface area contributed by atoms with Crippen LogP contribution in [0.25, 0.3) is 0 Å². The van der Waals surface area contributed by atoms with E-state index in [1.807, 2.05) is 12.1 Å². The number of nitrogens with zero attached hydrogens (tertiary/aromatic N) is 1. The maximum Gasteiger partial charge on any atom is 0.307 e. The molecule has 2 bridgehead atoms. The van der Waals surface area contributed by atoms with Crippen LogP contribution in [0.1, 0.15) is 44.1 Å². The normalized spacial score (nSPS) is 31.1. The van der Waals surface area contributed by atoms with Crippen LogP contribution in [0.5, 0.6) is 0 Å². The first kappa shape index (κ1) is 17.5. The van der Waals surface area contributed by atoms with Crippen LogP contribution in [0.2, 0.25) is 0 Å². The lowest BCUT2D eigenvalue weighted by atomic mass is 9.78. The molecule has 3 fully saturated rings. The van der Waals surface area contributed by atoms with Gasteiger partial charge in [-0.3, -0.25) is 14.5 Å². The van der Waals surface area contributed by atoms with Crippen molar-refractivity contribution in [2.45, 2.75) is 45.1 Å². The summed E-state index contributed by atoms with van der Waals surface area (Å²) in [5.41, 5.74) is 2.03. The summed E-state index contributed by atoms with van der Waals surface area (Å²) in [6.07, 6.45) is 6.73. The van der Waals surface area contributed by atoms with Gasteiger partial charge in [-0.15, -0.1) is 0 Å². The van der Waals surface area contributed by atoms with E-state index >= 15 is 0 Å². The number of carboxylic acid groups (broad SMARTS) is 1. The molecule has 0 unspecified atom stereocenters. The molecule has 1 saturated heterocycles. The molecule has 5 nitrogen and oxygen atoms in total. The van der Waals surface area contributed by atoms with Crippen LogP contribution in [-0.4, -0.2) is 35.0 Å². The number of carbonyl (C=O) groups is 2. The van der Waals surface area contributed by atoms with Crippen LogP contribution in [0, 0.1) is 23.7 Å². The third kappa shape index (κ3) is 3.50. The molecule has 2 saturated carbocycles. The lowest BCUT2D eigenvalue weighted by Crippen LogP contribution is -2.37. The Labute approximate surface area is 154 Å². The molecular weight excluding hydrogens is 328 g/mol. The Morgan fingerprint density at radius 1 is 1.00 bits per heavy atom. The number of anilines is 1. The van der Waals surface area contributed by atoms with Crippen molar-refractivity contribution < 1.29 is 14.7 Å². The van der Waals surface area contributed by atoms with Crippen LogP contribution in [-0.2, 0) is 16.1 Å². The molecule has 2 aliphatic carbocycles. The number of carboxylic acids is 1. The molecule has 1 aliphatic heterocycles. The zero-order chi connectivity index (χ0) is 18.1. The van der Waals surface area contributed by atoms with Crippen molar-refractivity contribution in [1.29, 1.82) is 0 Å². The number of rotatable bonds is 5. The third-order valence-corrected chi connectivity index (χ3v) is 6.58. The molecule has 26 heavy (non-hydrogen) atoms. The van der Waals surface area contributed by atoms with Crippen molar-refractivity contribution in [2.75, 3.05) is 18.4 Å². The summed E-state index contributed by atoms with van der Waals surface area (Å²) >= 11 is 0. The van der Waals surface area contributed by atoms with E-state index < -0.39 is 11.9 Å². The van der Waals surface area contributed by atoms with Gasteiger partial charge in [-0.1, -0.05) is 18.6 Å². The summed E-state index contributed by atoms with van der Waals surface area (Å²) in [7, 11) is 0. The van der Waals surface area contributed by atoms with Crippen LogP contribution in [0.3, 0.4) is 0 Å². The van der Waals surface area contributed by atoms with Crippen LogP contribution in [0.15, 0.2) is 24.3 Å². The quantitative estimate of drug-likeness (QED) is 0.849. The molecule has 0 radical (unpaired) electrons. The highest BCUT2D eigenvalue weighted by Crippen LogP contribution is 2.52. The second-order valence-electron chi connectivity index (χ2n) is 8.25. The first-order valence-electron chi connectivity index (χ1n) is 9.97. The highest BCUT2D eigenvalue weighted by Gasteiger charge is 2.53. The third-order valence-electron chi connectivity index (χ3n) is 6.58. The number of piperidine rings is 1. The average Bonchev–Trinajstić information content (AvgIpc) is 3.25. The van der Waals surface area contributed by atoms with Gasteiger partial charge in [-0.2, -0.15) is 0 Å². The average molecular weight is 356 g/mol. The SMILES string of the molecule is O=C(Nc1ccc(CN2CCCCC2)cc1)[C@@H]1[C@@H]2CC[C@@H](C2)[C@@H]1C(=O)O. The number of benzene rings is 1. The lowest BCUT2D eigenvalue weighted by molar-refractivity contribution is -0.148. The van der Waals surface area contributed by atoms with E-state index in [0.717, 1.165) is 31.5 Å². The molecule has 4 rings (SSSR count). The number of hydrogen-bond donors (Lipinski definition) is 2. The standard InChI is InChI=1S/C21H28N2O3/c24-20(18-15-6-7-16(12-15)19(18)21(25)26)22-17-8-4-14(5-9-17)13-23-10-2-1-3-11-23/h4-5,8-9,15-16,18-19H,1-3,6-7,10-13H2,(H,22,24)(H,25,26)/t15-,16+,18-,19+/m1/s1. The predicted octanol–water partition coefficient (Wildman–Crippen LogP) is 3.36. The Bertz CT molecular complexity index is 666. The smallest absolute Gasteiger partial charge is 0.307 e. The highest BCUT2D eigenvalue weighted by molar-refractivity contribution is 5.96. The fourth-order valence-electron chi connectivity index (χ4n) is 5.32. The largest absolute Gasteiger partial charge is 0.481 e. The van der Waals surface area contributed by atoms with E-state index in [4.69, 9.17) is 0 Å². The summed E-state index contributed by atoms with van der Waals surface area (Å²) in [6, 6.07) is 8.03. The van der Waals surface area contributed by atoms with Gasteiger partial charge in [0.15, 0.2) is 0 Å². The number of amides is 1. The van der Waals surface area contributed by atoms with Gasteiger partial charge < -0.3 is 10.4 Å². The molecule has 3 aliphatic rings. The Kier molecular flexibility index (Phi) is 4.98. The van der Waals surface area contributed by atoms with Gasteiger partial charge in [0.05, 0.1) is 11.8 Å². The number of nitrogens with one attached hydrogen (secondary N) is 1. The molecule has 4 atom stereocenters. The minimum absolute atomic E-state index is 0.117. The van der Waals surface area contributed by atoms with Crippen molar-refractivity contribution in [3.63, 3.8) is 0 Å². The monoisotopic (exact) mass is 356 g/mol. The summed E-state index contributed by atoms with van der Waals surface area (Å²) in [5, 5.41) is 12.5. The number of fused-ring (bicyclic) bond motifs is 2. The maximum absolute atomic E-state index is 12.7. The van der Waals surface area contributed by atoms with Gasteiger partial charge in [0, 0.05) is 12.2 Å². The van der Waals surface area contributed by atoms with Crippen molar-refractivity contribution in [3.8, 4) is 0 Å². The van der Waals surface area contributed by atoms with Gasteiger partial charge in [0.25, 0.3) is 0 Å². The van der Waals surface area contributed by atoms with Crippen molar-refractivity contribution >= 4 is 17.6 Å². The number of aliphatic carboxylic acids is 1. The predicted molar refractivity (Wildman–Crippen MR) is 99.6 cm³/mol. The molecule has 1 amide bonds. The molecule has 5 heteroatoms. The van der Waals surface area contributed by atoms with Gasteiger partial charge in [0.2, 0.25) is 5.91 Å². The first-order chi connectivity index (χ1) is 12.6. The number of hydrogen-bond acceptors (Lipinski definition) is 3. The lowest BCUT2D eigenvalue weighted by Gasteiger charge is -2.27. The van der Waals surface area contributed by atoms with E-state index in [2.05, 4.69) is 22.3 Å². The molecule has 0 spiro atoms. The minimum atomic E-state index is -0.811. The summed E-state index contributed by atoms with van der Waals surface area (Å²) in [6.45, 7) is 3.29. The molecule has 140 valence electrons. The molecule has 1 aromatic rings. The van der Waals surface area contributed by atoms with Crippen LogP contribution < -0.4 is 5.32 Å². The van der Waals surface area contributed by atoms with Gasteiger partial charge in [0.1, 0.15) is 0 Å². The van der Waals surface area contributed by atoms with Crippen LogP contribution >= 0.6 is 0 Å². The number of likely N-dealkylation sites (tertiary alicyclic amines) is 1. The Hall–Kier alpha value is -1.88. The fraction of sp³-hybridized carbons (Fsp3) is 0.619. The first-order valence-corrected chi connectivity index (χ1v) is 9.97. The Balaban J connectivity index is 1.37. The fourth-order valence-corrected chi connectivity index (χ4v) is 5.32. The van der Waals surface area contributed by atoms with Crippen LogP contribution in [0.4, 0.5) is 5.69 Å². The summed E-state index contributed by atoms with van der Waals surface area (Å²) < 4.78 is 0. The maximum atomic E-state index is 12.7. The highest BCUT2D eigenvalue weighted by atomic mass is 16.4. The zero-order valence-corrected chi connectivity index (χ0v) is 15.2. The molecule has 2 N–H and O–H groups in total. The van der Waals surface area contributed by atoms with Crippen molar-refractivity contribution in [3.05, 3.63) is 29.8 Å². The van der Waals surface area contributed by atoms with Gasteiger partial charge in [-0.25, -0.2) is 0 Å². The molecule has 1 aromatic carbocycles. The van der Waals surface area contributed by atoms with Crippen molar-refractivity contribution in [1.82, 2.24) is 4.90 Å². The van der Waals surface area contributed by atoms with E-state index in [0.29, 0.717) is 0 Å². The second kappa shape index (κ2) is 7.39. The molecule has 0 aromatic heterocycles. The van der Waals surface area contributed by atoms with Gasteiger partial charge >= 0.3 is 5.97 Å². The number of carbonyl (C=O) groups excluding carboxylic acids is 1. The van der Waals surface area contributed by atoms with E-state index in [9.17, 15) is 14.7 Å². The Morgan fingerprint density at radius 2 is 1.65 bits per heavy atom.